The number of rotatable bonds is 4. The summed E-state index contributed by atoms with van der Waals surface area (Å²) >= 11 is 0. The Morgan fingerprint density at radius 2 is 2.17 bits per heavy atom. The lowest BCUT2D eigenvalue weighted by atomic mass is 9.71. The monoisotopic (exact) mass is 254 g/mol. The van der Waals surface area contributed by atoms with Crippen LogP contribution in [0.25, 0.3) is 0 Å². The topological polar surface area (TPSA) is 38.5 Å². The molecule has 1 saturated carbocycles. The summed E-state index contributed by atoms with van der Waals surface area (Å²) < 4.78 is 5.51. The Labute approximate surface area is 112 Å². The van der Waals surface area contributed by atoms with Crippen molar-refractivity contribution in [3.8, 4) is 0 Å². The predicted octanol–water partition coefficient (Wildman–Crippen LogP) is 2.25. The van der Waals surface area contributed by atoms with Gasteiger partial charge in [-0.25, -0.2) is 0 Å². The first kappa shape index (κ1) is 14.3. The average Bonchev–Trinajstić information content (AvgIpc) is 2.88. The molecule has 0 aromatic rings. The molecule has 0 radical (unpaired) electrons. The third kappa shape index (κ3) is 2.73. The molecule has 3 heteroatoms. The highest BCUT2D eigenvalue weighted by Crippen LogP contribution is 2.41. The summed E-state index contributed by atoms with van der Waals surface area (Å²) in [5.74, 6) is 1.64. The zero-order valence-electron chi connectivity index (χ0n) is 12.3. The third-order valence-electron chi connectivity index (χ3n) is 5.33. The van der Waals surface area contributed by atoms with Crippen LogP contribution in [0.3, 0.4) is 0 Å². The van der Waals surface area contributed by atoms with Gasteiger partial charge >= 0.3 is 0 Å². The van der Waals surface area contributed by atoms with E-state index in [2.05, 4.69) is 18.7 Å². The smallest absolute Gasteiger partial charge is 0.0710 e. The standard InChI is InChI=1S/C15H30N2O/c1-12(2)13-5-4-7-15(9-13,11-16)17-8-6-14(10-17)18-3/h12-14H,4-11,16H2,1-3H3. The van der Waals surface area contributed by atoms with Crippen LogP contribution in [0.4, 0.5) is 0 Å². The zero-order chi connectivity index (χ0) is 13.2. The average molecular weight is 254 g/mol. The van der Waals surface area contributed by atoms with Crippen LogP contribution in [-0.2, 0) is 4.74 Å². The highest BCUT2D eigenvalue weighted by molar-refractivity contribution is 4.99. The highest BCUT2D eigenvalue weighted by atomic mass is 16.5. The molecule has 2 N–H and O–H groups in total. The number of likely N-dealkylation sites (tertiary alicyclic amines) is 1. The predicted molar refractivity (Wildman–Crippen MR) is 75.6 cm³/mol. The Hall–Kier alpha value is -0.120. The molecule has 3 unspecified atom stereocenters. The van der Waals surface area contributed by atoms with Gasteiger partial charge in [0, 0.05) is 32.3 Å². The molecular weight excluding hydrogens is 224 g/mol. The summed E-state index contributed by atoms with van der Waals surface area (Å²) in [5, 5.41) is 0. The summed E-state index contributed by atoms with van der Waals surface area (Å²) in [7, 11) is 1.83. The summed E-state index contributed by atoms with van der Waals surface area (Å²) in [4.78, 5) is 2.63. The number of methoxy groups -OCH3 is 1. The molecule has 3 nitrogen and oxygen atoms in total. The Morgan fingerprint density at radius 3 is 2.72 bits per heavy atom. The number of ether oxygens (including phenoxy) is 1. The minimum absolute atomic E-state index is 0.264. The second-order valence-electron chi connectivity index (χ2n) is 6.62. The molecule has 1 heterocycles. The molecule has 0 spiro atoms. The van der Waals surface area contributed by atoms with E-state index in [1.54, 1.807) is 0 Å². The molecule has 1 aliphatic heterocycles. The quantitative estimate of drug-likeness (QED) is 0.836. The van der Waals surface area contributed by atoms with Crippen molar-refractivity contribution in [3.63, 3.8) is 0 Å². The van der Waals surface area contributed by atoms with Gasteiger partial charge in [-0.1, -0.05) is 26.7 Å². The van der Waals surface area contributed by atoms with Crippen molar-refractivity contribution in [2.24, 2.45) is 17.6 Å². The molecule has 2 rings (SSSR count). The van der Waals surface area contributed by atoms with Gasteiger partial charge in [0.25, 0.3) is 0 Å². The minimum Gasteiger partial charge on any atom is -0.380 e. The van der Waals surface area contributed by atoms with Gasteiger partial charge in [0.15, 0.2) is 0 Å². The first-order valence-electron chi connectivity index (χ1n) is 7.59. The van der Waals surface area contributed by atoms with E-state index in [0.717, 1.165) is 24.9 Å². The van der Waals surface area contributed by atoms with Crippen LogP contribution >= 0.6 is 0 Å². The maximum atomic E-state index is 6.18. The van der Waals surface area contributed by atoms with Crippen LogP contribution in [0.15, 0.2) is 0 Å². The molecule has 106 valence electrons. The number of nitrogens with zero attached hydrogens (tertiary/aromatic N) is 1. The van der Waals surface area contributed by atoms with Crippen LogP contribution in [-0.4, -0.2) is 43.3 Å². The second-order valence-corrected chi connectivity index (χ2v) is 6.62. The fourth-order valence-corrected chi connectivity index (χ4v) is 3.91. The van der Waals surface area contributed by atoms with Gasteiger partial charge in [-0.15, -0.1) is 0 Å². The van der Waals surface area contributed by atoms with E-state index in [1.165, 1.54) is 38.6 Å². The summed E-state index contributed by atoms with van der Waals surface area (Å²) in [5.41, 5.74) is 6.45. The Morgan fingerprint density at radius 1 is 1.39 bits per heavy atom. The number of nitrogens with two attached hydrogens (primary N) is 1. The molecular formula is C15H30N2O. The van der Waals surface area contributed by atoms with E-state index >= 15 is 0 Å². The van der Waals surface area contributed by atoms with Crippen molar-refractivity contribution in [3.05, 3.63) is 0 Å². The Balaban J connectivity index is 2.05. The van der Waals surface area contributed by atoms with Crippen LogP contribution in [0.1, 0.15) is 46.0 Å². The van der Waals surface area contributed by atoms with E-state index in [0.29, 0.717) is 6.10 Å². The molecule has 1 saturated heterocycles. The molecule has 2 aliphatic rings. The Bertz CT molecular complexity index is 269. The van der Waals surface area contributed by atoms with Crippen molar-refractivity contribution in [1.29, 1.82) is 0 Å². The molecule has 1 aliphatic carbocycles. The molecule has 2 fully saturated rings. The molecule has 0 amide bonds. The largest absolute Gasteiger partial charge is 0.380 e. The van der Waals surface area contributed by atoms with E-state index in [-0.39, 0.29) is 5.54 Å². The van der Waals surface area contributed by atoms with Crippen molar-refractivity contribution >= 4 is 0 Å². The first-order valence-corrected chi connectivity index (χ1v) is 7.59. The van der Waals surface area contributed by atoms with Gasteiger partial charge in [-0.05, 0) is 31.1 Å². The maximum absolute atomic E-state index is 6.18. The SMILES string of the molecule is COC1CCN(C2(CN)CCCC(C(C)C)C2)C1. The van der Waals surface area contributed by atoms with Gasteiger partial charge in [0.05, 0.1) is 6.10 Å². The van der Waals surface area contributed by atoms with Crippen molar-refractivity contribution in [2.75, 3.05) is 26.7 Å². The van der Waals surface area contributed by atoms with Crippen LogP contribution < -0.4 is 5.73 Å². The van der Waals surface area contributed by atoms with E-state index in [1.807, 2.05) is 7.11 Å². The normalized spacial score (nSPS) is 38.5. The lowest BCUT2D eigenvalue weighted by Gasteiger charge is -2.47. The van der Waals surface area contributed by atoms with Gasteiger partial charge in [-0.3, -0.25) is 4.90 Å². The fraction of sp³-hybridized carbons (Fsp3) is 1.00. The second kappa shape index (κ2) is 5.89. The first-order chi connectivity index (χ1) is 8.61. The summed E-state index contributed by atoms with van der Waals surface area (Å²) in [6.45, 7) is 7.78. The fourth-order valence-electron chi connectivity index (χ4n) is 3.91. The van der Waals surface area contributed by atoms with Gasteiger partial charge in [0.2, 0.25) is 0 Å². The van der Waals surface area contributed by atoms with Crippen LogP contribution in [0.2, 0.25) is 0 Å². The zero-order valence-corrected chi connectivity index (χ0v) is 12.3. The molecule has 0 aromatic heterocycles. The lowest BCUT2D eigenvalue weighted by molar-refractivity contribution is 0.0265. The minimum atomic E-state index is 0.264. The Kier molecular flexibility index (Phi) is 4.68. The van der Waals surface area contributed by atoms with Crippen molar-refractivity contribution < 1.29 is 4.74 Å². The molecule has 3 atom stereocenters. The maximum Gasteiger partial charge on any atom is 0.0710 e. The van der Waals surface area contributed by atoms with E-state index < -0.39 is 0 Å². The molecule has 0 bridgehead atoms. The molecule has 18 heavy (non-hydrogen) atoms. The van der Waals surface area contributed by atoms with Gasteiger partial charge in [-0.2, -0.15) is 0 Å². The number of hydrogen-bond acceptors (Lipinski definition) is 3. The lowest BCUT2D eigenvalue weighted by Crippen LogP contribution is -2.56. The van der Waals surface area contributed by atoms with Gasteiger partial charge in [0.1, 0.15) is 0 Å². The summed E-state index contributed by atoms with van der Waals surface area (Å²) in [6.07, 6.45) is 6.90. The van der Waals surface area contributed by atoms with Crippen LogP contribution in [0.5, 0.6) is 0 Å². The van der Waals surface area contributed by atoms with E-state index in [9.17, 15) is 0 Å². The molecule has 0 aromatic carbocycles. The van der Waals surface area contributed by atoms with E-state index in [4.69, 9.17) is 10.5 Å². The van der Waals surface area contributed by atoms with Crippen molar-refractivity contribution in [2.45, 2.75) is 57.6 Å². The van der Waals surface area contributed by atoms with Gasteiger partial charge < -0.3 is 10.5 Å². The summed E-state index contributed by atoms with van der Waals surface area (Å²) in [6, 6.07) is 0. The highest BCUT2D eigenvalue weighted by Gasteiger charge is 2.43. The number of hydrogen-bond donors (Lipinski definition) is 1. The third-order valence-corrected chi connectivity index (χ3v) is 5.33. The van der Waals surface area contributed by atoms with Crippen molar-refractivity contribution in [1.82, 2.24) is 4.90 Å². The van der Waals surface area contributed by atoms with Crippen LogP contribution in [0, 0.1) is 11.8 Å².